The quantitative estimate of drug-likeness (QED) is 0.695. The Morgan fingerprint density at radius 2 is 1.96 bits per heavy atom. The highest BCUT2D eigenvalue weighted by Gasteiger charge is 2.34. The molecule has 3 nitrogen and oxygen atoms in total. The van der Waals surface area contributed by atoms with Crippen LogP contribution in [0.1, 0.15) is 40.5 Å². The van der Waals surface area contributed by atoms with Gasteiger partial charge in [-0.15, -0.1) is 0 Å². The van der Waals surface area contributed by atoms with E-state index in [4.69, 9.17) is 4.74 Å². The maximum atomic E-state index is 13.0. The third kappa shape index (κ3) is 4.00. The zero-order valence-electron chi connectivity index (χ0n) is 15.1. The molecular formula is C22H18F3NO2. The molecule has 1 aliphatic carbocycles. The Morgan fingerprint density at radius 1 is 1.21 bits per heavy atom. The Labute approximate surface area is 161 Å². The number of benzene rings is 2. The van der Waals surface area contributed by atoms with Crippen LogP contribution in [0, 0.1) is 11.3 Å². The van der Waals surface area contributed by atoms with Gasteiger partial charge >= 0.3 is 6.18 Å². The molecule has 0 saturated heterocycles. The average Bonchev–Trinajstić information content (AvgIpc) is 3.09. The zero-order chi connectivity index (χ0) is 20.3. The second-order valence-electron chi connectivity index (χ2n) is 6.64. The van der Waals surface area contributed by atoms with Crippen molar-refractivity contribution in [2.45, 2.75) is 30.5 Å². The van der Waals surface area contributed by atoms with Gasteiger partial charge in [-0.1, -0.05) is 54.6 Å². The van der Waals surface area contributed by atoms with E-state index in [9.17, 15) is 23.2 Å². The van der Waals surface area contributed by atoms with Gasteiger partial charge in [-0.2, -0.15) is 18.4 Å². The molecule has 144 valence electrons. The molecule has 0 aromatic heterocycles. The number of halogens is 3. The minimum Gasteiger partial charge on any atom is -0.374 e. The number of hydrogen-bond acceptors (Lipinski definition) is 3. The molecule has 0 N–H and O–H groups in total. The van der Waals surface area contributed by atoms with Crippen molar-refractivity contribution in [2.75, 3.05) is 7.11 Å². The third-order valence-corrected chi connectivity index (χ3v) is 4.93. The number of nitrogens with zero attached hydrogens (tertiary/aromatic N) is 1. The molecule has 0 heterocycles. The molecule has 0 bridgehead atoms. The largest absolute Gasteiger partial charge is 0.416 e. The zero-order valence-corrected chi connectivity index (χ0v) is 15.1. The Balaban J connectivity index is 1.82. The predicted molar refractivity (Wildman–Crippen MR) is 98.4 cm³/mol. The van der Waals surface area contributed by atoms with Crippen molar-refractivity contribution in [3.63, 3.8) is 0 Å². The molecule has 1 aliphatic rings. The van der Waals surface area contributed by atoms with Crippen LogP contribution >= 0.6 is 0 Å². The summed E-state index contributed by atoms with van der Waals surface area (Å²) in [4.78, 5) is 12.9. The standard InChI is InChI=1S/C22H18F3NO2/c1-28-20(12-16-10-9-14-5-2-3-8-18(14)16)21(27)19(13-26)15-6-4-7-17(11-15)22(23,24)25/h2-11,16,19-20H,12H2,1H3. The average molecular weight is 385 g/mol. The fraction of sp³-hybridized carbons (Fsp3) is 0.273. The van der Waals surface area contributed by atoms with Gasteiger partial charge in [0.1, 0.15) is 12.0 Å². The molecule has 0 fully saturated rings. The highest BCUT2D eigenvalue weighted by molar-refractivity contribution is 5.92. The lowest BCUT2D eigenvalue weighted by Crippen LogP contribution is -2.29. The van der Waals surface area contributed by atoms with Crippen molar-refractivity contribution in [1.82, 2.24) is 0 Å². The van der Waals surface area contributed by atoms with Crippen LogP contribution in [0.2, 0.25) is 0 Å². The van der Waals surface area contributed by atoms with Gasteiger partial charge in [-0.05, 0) is 29.2 Å². The number of fused-ring (bicyclic) bond motifs is 1. The van der Waals surface area contributed by atoms with Gasteiger partial charge in [0.15, 0.2) is 5.78 Å². The van der Waals surface area contributed by atoms with Crippen LogP contribution in [-0.4, -0.2) is 19.0 Å². The Hall–Kier alpha value is -2.91. The van der Waals surface area contributed by atoms with Crippen molar-refractivity contribution in [2.24, 2.45) is 0 Å². The number of allylic oxidation sites excluding steroid dienone is 1. The van der Waals surface area contributed by atoms with Gasteiger partial charge in [0, 0.05) is 13.0 Å². The van der Waals surface area contributed by atoms with Crippen molar-refractivity contribution >= 4 is 11.9 Å². The van der Waals surface area contributed by atoms with Crippen molar-refractivity contribution in [3.05, 3.63) is 76.9 Å². The van der Waals surface area contributed by atoms with Crippen LogP contribution in [0.4, 0.5) is 13.2 Å². The Kier molecular flexibility index (Phi) is 5.66. The summed E-state index contributed by atoms with van der Waals surface area (Å²) in [6, 6.07) is 13.9. The Morgan fingerprint density at radius 3 is 2.64 bits per heavy atom. The molecular weight excluding hydrogens is 367 g/mol. The molecule has 2 aromatic rings. The summed E-state index contributed by atoms with van der Waals surface area (Å²) >= 11 is 0. The van der Waals surface area contributed by atoms with Gasteiger partial charge in [0.2, 0.25) is 0 Å². The van der Waals surface area contributed by atoms with Gasteiger partial charge < -0.3 is 4.74 Å². The first kappa shape index (κ1) is 19.8. The maximum Gasteiger partial charge on any atom is 0.416 e. The first-order valence-electron chi connectivity index (χ1n) is 8.75. The van der Waals surface area contributed by atoms with Crippen LogP contribution < -0.4 is 0 Å². The van der Waals surface area contributed by atoms with E-state index < -0.39 is 29.5 Å². The van der Waals surface area contributed by atoms with Crippen molar-refractivity contribution < 1.29 is 22.7 Å². The third-order valence-electron chi connectivity index (χ3n) is 4.93. The van der Waals surface area contributed by atoms with Crippen LogP contribution in [0.5, 0.6) is 0 Å². The summed E-state index contributed by atoms with van der Waals surface area (Å²) in [6.07, 6.45) is -1.19. The maximum absolute atomic E-state index is 13.0. The Bertz CT molecular complexity index is 943. The van der Waals surface area contributed by atoms with Gasteiger partial charge in [0.05, 0.1) is 11.6 Å². The lowest BCUT2D eigenvalue weighted by molar-refractivity contribution is -0.137. The molecule has 0 saturated carbocycles. The van der Waals surface area contributed by atoms with E-state index >= 15 is 0 Å². The SMILES string of the molecule is COC(CC1C=Cc2ccccc21)C(=O)C(C#N)c1cccc(C(F)(F)F)c1. The highest BCUT2D eigenvalue weighted by atomic mass is 19.4. The van der Waals surface area contributed by atoms with Gasteiger partial charge in [-0.25, -0.2) is 0 Å². The number of Topliss-reactive ketones (excluding diaryl/α,β-unsaturated/α-hetero) is 1. The predicted octanol–water partition coefficient (Wildman–Crippen LogP) is 5.10. The van der Waals surface area contributed by atoms with Gasteiger partial charge in [0.25, 0.3) is 0 Å². The second-order valence-corrected chi connectivity index (χ2v) is 6.64. The highest BCUT2D eigenvalue weighted by Crippen LogP contribution is 2.35. The molecule has 0 radical (unpaired) electrons. The molecule has 3 rings (SSSR count). The van der Waals surface area contributed by atoms with E-state index in [1.807, 2.05) is 42.5 Å². The minimum atomic E-state index is -4.54. The summed E-state index contributed by atoms with van der Waals surface area (Å²) in [5.74, 6) is -1.92. The topological polar surface area (TPSA) is 50.1 Å². The lowest BCUT2D eigenvalue weighted by Gasteiger charge is -2.21. The fourth-order valence-corrected chi connectivity index (χ4v) is 3.47. The van der Waals surface area contributed by atoms with Crippen LogP contribution in [0.15, 0.2) is 54.6 Å². The second kappa shape index (κ2) is 7.99. The van der Waals surface area contributed by atoms with E-state index in [1.54, 1.807) is 0 Å². The number of alkyl halides is 3. The molecule has 3 unspecified atom stereocenters. The van der Waals surface area contributed by atoms with E-state index in [1.165, 1.54) is 19.2 Å². The van der Waals surface area contributed by atoms with E-state index in [2.05, 4.69) is 0 Å². The number of ether oxygens (including phenoxy) is 1. The summed E-state index contributed by atoms with van der Waals surface area (Å²) in [5.41, 5.74) is 1.25. The summed E-state index contributed by atoms with van der Waals surface area (Å²) < 4.78 is 44.3. The summed E-state index contributed by atoms with van der Waals surface area (Å²) in [5, 5.41) is 9.48. The smallest absolute Gasteiger partial charge is 0.374 e. The molecule has 0 spiro atoms. The number of hydrogen-bond donors (Lipinski definition) is 0. The summed E-state index contributed by atoms with van der Waals surface area (Å²) in [6.45, 7) is 0. The van der Waals surface area contributed by atoms with E-state index in [-0.39, 0.29) is 11.5 Å². The van der Waals surface area contributed by atoms with Crippen LogP contribution in [0.25, 0.3) is 6.08 Å². The molecule has 2 aromatic carbocycles. The first-order valence-corrected chi connectivity index (χ1v) is 8.75. The monoisotopic (exact) mass is 385 g/mol. The van der Waals surface area contributed by atoms with Crippen molar-refractivity contribution in [1.29, 1.82) is 5.26 Å². The molecule has 28 heavy (non-hydrogen) atoms. The summed E-state index contributed by atoms with van der Waals surface area (Å²) in [7, 11) is 1.37. The van der Waals surface area contributed by atoms with Gasteiger partial charge in [-0.3, -0.25) is 4.79 Å². The first-order chi connectivity index (χ1) is 13.3. The van der Waals surface area contributed by atoms with Crippen molar-refractivity contribution in [3.8, 4) is 6.07 Å². The number of nitriles is 1. The van der Waals surface area contributed by atoms with E-state index in [0.29, 0.717) is 6.42 Å². The lowest BCUT2D eigenvalue weighted by atomic mass is 9.87. The molecule has 6 heteroatoms. The minimum absolute atomic E-state index is 0.0201. The van der Waals surface area contributed by atoms with Crippen LogP contribution in [-0.2, 0) is 15.7 Å². The fourth-order valence-electron chi connectivity index (χ4n) is 3.47. The molecule has 3 atom stereocenters. The number of methoxy groups -OCH3 is 1. The number of ketones is 1. The number of carbonyl (C=O) groups excluding carboxylic acids is 1. The number of rotatable bonds is 6. The van der Waals surface area contributed by atoms with E-state index in [0.717, 1.165) is 23.3 Å². The molecule has 0 amide bonds. The normalized spacial score (nSPS) is 17.6. The number of carbonyl (C=O) groups is 1. The van der Waals surface area contributed by atoms with Crippen LogP contribution in [0.3, 0.4) is 0 Å². The molecule has 0 aliphatic heterocycles.